The predicted molar refractivity (Wildman–Crippen MR) is 91.0 cm³/mol. The average Bonchev–Trinajstić information content (AvgIpc) is 3.18. The minimum atomic E-state index is 0. The maximum Gasteiger partial charge on any atom is 0.251 e. The fourth-order valence-electron chi connectivity index (χ4n) is 4.64. The normalized spacial score (nSPS) is 30.2. The molecule has 1 spiro atoms. The van der Waals surface area contributed by atoms with Gasteiger partial charge in [-0.2, -0.15) is 0 Å². The van der Waals surface area contributed by atoms with Gasteiger partial charge in [0, 0.05) is 16.5 Å². The van der Waals surface area contributed by atoms with E-state index in [-0.39, 0.29) is 23.9 Å². The molecule has 5 heteroatoms. The van der Waals surface area contributed by atoms with Crippen LogP contribution in [0.2, 0.25) is 0 Å². The molecule has 1 atom stereocenters. The van der Waals surface area contributed by atoms with Crippen LogP contribution >= 0.6 is 12.4 Å². The van der Waals surface area contributed by atoms with Crippen LogP contribution in [-0.2, 0) is 0 Å². The van der Waals surface area contributed by atoms with Crippen molar-refractivity contribution in [2.24, 2.45) is 5.92 Å². The first-order valence-corrected chi connectivity index (χ1v) is 8.29. The number of carbonyl (C=O) groups excluding carboxylic acids is 1. The number of benzene rings is 1. The van der Waals surface area contributed by atoms with Crippen molar-refractivity contribution in [2.45, 2.75) is 37.3 Å². The van der Waals surface area contributed by atoms with Crippen LogP contribution in [0.3, 0.4) is 0 Å². The molecular weight excluding hydrogens is 312 g/mol. The monoisotopic (exact) mass is 332 g/mol. The summed E-state index contributed by atoms with van der Waals surface area (Å²) in [6.45, 7) is 2.44. The van der Waals surface area contributed by atoms with Gasteiger partial charge in [-0.05, 0) is 62.9 Å². The summed E-state index contributed by atoms with van der Waals surface area (Å²) in [6, 6.07) is 7.95. The van der Waals surface area contributed by atoms with Gasteiger partial charge in [0.25, 0.3) is 5.91 Å². The predicted octanol–water partition coefficient (Wildman–Crippen LogP) is 3.21. The summed E-state index contributed by atoms with van der Waals surface area (Å²) in [6.07, 6.45) is 6.60. The van der Waals surface area contributed by atoms with Gasteiger partial charge in [-0.3, -0.25) is 9.69 Å². The average molecular weight is 333 g/mol. The second kappa shape index (κ2) is 5.25. The maximum absolute atomic E-state index is 12.7. The fraction of sp³-hybridized carbons (Fsp3) is 0.500. The quantitative estimate of drug-likeness (QED) is 0.918. The molecule has 0 unspecified atom stereocenters. The van der Waals surface area contributed by atoms with Gasteiger partial charge in [0.15, 0.2) is 0 Å². The summed E-state index contributed by atoms with van der Waals surface area (Å²) in [7, 11) is 0. The molecule has 0 radical (unpaired) electrons. The second-order valence-electron chi connectivity index (χ2n) is 7.05. The minimum Gasteiger partial charge on any atom is -0.464 e. The Hall–Kier alpha value is -1.52. The lowest BCUT2D eigenvalue weighted by molar-refractivity contribution is -0.00144. The van der Waals surface area contributed by atoms with Crippen LogP contribution in [0.4, 0.5) is 0 Å². The SMILES string of the molecule is Cl.O=C(N[C@@H]1C2CCN(CC2)C12CC2)c1ccc2ccoc2c1. The van der Waals surface area contributed by atoms with E-state index >= 15 is 0 Å². The van der Waals surface area contributed by atoms with E-state index in [2.05, 4.69) is 10.2 Å². The third-order valence-electron chi connectivity index (χ3n) is 5.99. The van der Waals surface area contributed by atoms with Gasteiger partial charge in [0.05, 0.1) is 12.3 Å². The number of nitrogens with one attached hydrogen (secondary N) is 1. The highest BCUT2D eigenvalue weighted by atomic mass is 35.5. The summed E-state index contributed by atoms with van der Waals surface area (Å²) in [5.74, 6) is 0.701. The molecule has 4 aliphatic rings. The number of amides is 1. The number of nitrogens with zero attached hydrogens (tertiary/aromatic N) is 1. The van der Waals surface area contributed by atoms with E-state index in [1.54, 1.807) is 6.26 Å². The van der Waals surface area contributed by atoms with Gasteiger partial charge in [-0.15, -0.1) is 12.4 Å². The highest BCUT2D eigenvalue weighted by molar-refractivity contribution is 5.97. The first-order valence-electron chi connectivity index (χ1n) is 8.29. The number of hydrogen-bond donors (Lipinski definition) is 1. The standard InChI is InChI=1S/C18H20N2O2.ClH/c21-17(14-2-1-12-5-10-22-15(12)11-14)19-16-13-3-8-20(9-4-13)18(16)6-7-18;/h1-2,5,10-11,13,16H,3-4,6-9H2,(H,19,21);1H/t16-;/m1./s1. The van der Waals surface area contributed by atoms with E-state index in [9.17, 15) is 4.79 Å². The van der Waals surface area contributed by atoms with Gasteiger partial charge < -0.3 is 9.73 Å². The lowest BCUT2D eigenvalue weighted by Crippen LogP contribution is -2.65. The van der Waals surface area contributed by atoms with Gasteiger partial charge >= 0.3 is 0 Å². The summed E-state index contributed by atoms with van der Waals surface area (Å²) in [5, 5.41) is 4.39. The van der Waals surface area contributed by atoms with Crippen molar-refractivity contribution >= 4 is 29.3 Å². The zero-order chi connectivity index (χ0) is 14.7. The van der Waals surface area contributed by atoms with Crippen LogP contribution in [0.1, 0.15) is 36.0 Å². The van der Waals surface area contributed by atoms with Crippen LogP contribution in [0.15, 0.2) is 34.9 Å². The van der Waals surface area contributed by atoms with E-state index in [4.69, 9.17) is 4.42 Å². The summed E-state index contributed by atoms with van der Waals surface area (Å²) < 4.78 is 5.41. The van der Waals surface area contributed by atoms with Crippen LogP contribution in [0, 0.1) is 5.92 Å². The van der Waals surface area contributed by atoms with E-state index in [1.807, 2.05) is 24.3 Å². The molecular formula is C18H21ClN2O2. The first-order chi connectivity index (χ1) is 10.8. The third-order valence-corrected chi connectivity index (χ3v) is 5.99. The lowest BCUT2D eigenvalue weighted by atomic mass is 9.77. The highest BCUT2D eigenvalue weighted by Gasteiger charge is 2.60. The van der Waals surface area contributed by atoms with Gasteiger partial charge in [0.2, 0.25) is 0 Å². The zero-order valence-electron chi connectivity index (χ0n) is 13.0. The van der Waals surface area contributed by atoms with Crippen molar-refractivity contribution in [3.8, 4) is 0 Å². The molecule has 3 saturated heterocycles. The molecule has 23 heavy (non-hydrogen) atoms. The van der Waals surface area contributed by atoms with Crippen molar-refractivity contribution < 1.29 is 9.21 Å². The number of fused-ring (bicyclic) bond motifs is 3. The summed E-state index contributed by atoms with van der Waals surface area (Å²) in [5.41, 5.74) is 1.77. The molecule has 1 aliphatic carbocycles. The van der Waals surface area contributed by atoms with Crippen molar-refractivity contribution in [1.82, 2.24) is 10.2 Å². The molecule has 2 aromatic rings. The molecule has 1 saturated carbocycles. The minimum absolute atomic E-state index is 0. The maximum atomic E-state index is 12.7. The molecule has 1 amide bonds. The van der Waals surface area contributed by atoms with Gasteiger partial charge in [-0.1, -0.05) is 6.07 Å². The molecule has 6 rings (SSSR count). The Kier molecular flexibility index (Phi) is 3.43. The Morgan fingerprint density at radius 2 is 2.00 bits per heavy atom. The van der Waals surface area contributed by atoms with Crippen molar-refractivity contribution in [2.75, 3.05) is 13.1 Å². The van der Waals surface area contributed by atoms with Crippen molar-refractivity contribution in [1.29, 1.82) is 0 Å². The number of hydrogen-bond acceptors (Lipinski definition) is 3. The van der Waals surface area contributed by atoms with Crippen LogP contribution < -0.4 is 5.32 Å². The van der Waals surface area contributed by atoms with Gasteiger partial charge in [0.1, 0.15) is 5.58 Å². The largest absolute Gasteiger partial charge is 0.464 e. The number of rotatable bonds is 2. The summed E-state index contributed by atoms with van der Waals surface area (Å²) >= 11 is 0. The molecule has 1 aromatic heterocycles. The molecule has 4 heterocycles. The summed E-state index contributed by atoms with van der Waals surface area (Å²) in [4.78, 5) is 15.3. The molecule has 3 aliphatic heterocycles. The van der Waals surface area contributed by atoms with Crippen LogP contribution in [0.25, 0.3) is 11.0 Å². The Bertz CT molecular complexity index is 744. The number of furan rings is 1. The Labute approximate surface area is 141 Å². The zero-order valence-corrected chi connectivity index (χ0v) is 13.8. The topological polar surface area (TPSA) is 45.5 Å². The first kappa shape index (κ1) is 15.0. The van der Waals surface area contributed by atoms with E-state index < -0.39 is 0 Å². The van der Waals surface area contributed by atoms with Gasteiger partial charge in [-0.25, -0.2) is 0 Å². The Balaban J connectivity index is 0.00000135. The highest BCUT2D eigenvalue weighted by Crippen LogP contribution is 2.53. The molecule has 1 N–H and O–H groups in total. The molecule has 4 fully saturated rings. The molecule has 1 aromatic carbocycles. The second-order valence-corrected chi connectivity index (χ2v) is 7.05. The van der Waals surface area contributed by atoms with Crippen molar-refractivity contribution in [3.05, 3.63) is 36.1 Å². The van der Waals surface area contributed by atoms with Crippen LogP contribution in [-0.4, -0.2) is 35.5 Å². The Morgan fingerprint density at radius 3 is 2.74 bits per heavy atom. The van der Waals surface area contributed by atoms with E-state index in [0.29, 0.717) is 17.5 Å². The van der Waals surface area contributed by atoms with Crippen molar-refractivity contribution in [3.63, 3.8) is 0 Å². The third kappa shape index (κ3) is 2.19. The van der Waals surface area contributed by atoms with E-state index in [0.717, 1.165) is 11.0 Å². The molecule has 122 valence electrons. The van der Waals surface area contributed by atoms with E-state index in [1.165, 1.54) is 38.8 Å². The number of carbonyl (C=O) groups is 1. The molecule has 2 bridgehead atoms. The number of halogens is 1. The van der Waals surface area contributed by atoms with Crippen LogP contribution in [0.5, 0.6) is 0 Å². The lowest BCUT2D eigenvalue weighted by Gasteiger charge is -2.52. The molecule has 4 nitrogen and oxygen atoms in total. The fourth-order valence-corrected chi connectivity index (χ4v) is 4.64. The smallest absolute Gasteiger partial charge is 0.251 e. The Morgan fingerprint density at radius 1 is 1.22 bits per heavy atom. The number of piperidine rings is 3.